The lowest BCUT2D eigenvalue weighted by molar-refractivity contribution is 0.594. The molecule has 0 spiro atoms. The van der Waals surface area contributed by atoms with Crippen LogP contribution in [-0.4, -0.2) is 0 Å². The van der Waals surface area contributed by atoms with Crippen molar-refractivity contribution in [3.8, 4) is 0 Å². The molecule has 0 fully saturated rings. The summed E-state index contributed by atoms with van der Waals surface area (Å²) in [7, 11) is 0. The van der Waals surface area contributed by atoms with E-state index in [4.69, 9.17) is 23.1 Å². The van der Waals surface area contributed by atoms with Crippen molar-refractivity contribution in [1.29, 1.82) is 0 Å². The van der Waals surface area contributed by atoms with E-state index in [9.17, 15) is 4.39 Å². The van der Waals surface area contributed by atoms with Crippen molar-refractivity contribution in [1.82, 2.24) is 0 Å². The minimum absolute atomic E-state index is 0.0947. The minimum atomic E-state index is -0.225. The molecule has 0 saturated carbocycles. The zero-order valence-electron chi connectivity index (χ0n) is 13.7. The molecule has 0 aromatic heterocycles. The molecule has 2 nitrogen and oxygen atoms in total. The first-order valence-corrected chi connectivity index (χ1v) is 7.80. The molecular formula is C18H26ClFN2. The highest BCUT2D eigenvalue weighted by atomic mass is 35.5. The Labute approximate surface area is 138 Å². The SMILES string of the molecule is CC.CC(N)c1ccc(Cl)cc1.CC(N)c1ccccc1F. The van der Waals surface area contributed by atoms with Gasteiger partial charge in [0.15, 0.2) is 0 Å². The smallest absolute Gasteiger partial charge is 0.127 e. The highest BCUT2D eigenvalue weighted by Crippen LogP contribution is 2.14. The van der Waals surface area contributed by atoms with E-state index < -0.39 is 0 Å². The molecule has 0 heterocycles. The van der Waals surface area contributed by atoms with Crippen LogP contribution in [0.4, 0.5) is 4.39 Å². The molecule has 0 aliphatic rings. The van der Waals surface area contributed by atoms with Gasteiger partial charge in [0, 0.05) is 22.7 Å². The molecule has 2 atom stereocenters. The molecule has 0 aliphatic carbocycles. The number of hydrogen-bond acceptors (Lipinski definition) is 2. The Bertz CT molecular complexity index is 525. The molecule has 2 rings (SSSR count). The normalized spacial score (nSPS) is 12.2. The summed E-state index contributed by atoms with van der Waals surface area (Å²) in [6.45, 7) is 7.71. The minimum Gasteiger partial charge on any atom is -0.324 e. The van der Waals surface area contributed by atoms with Gasteiger partial charge in [-0.1, -0.05) is 55.8 Å². The summed E-state index contributed by atoms with van der Waals surface area (Å²) in [6, 6.07) is 14.0. The molecule has 4 N–H and O–H groups in total. The Morgan fingerprint density at radius 1 is 0.864 bits per heavy atom. The molecule has 0 aliphatic heterocycles. The zero-order chi connectivity index (χ0) is 17.1. The van der Waals surface area contributed by atoms with Gasteiger partial charge >= 0.3 is 0 Å². The Kier molecular flexibility index (Phi) is 10.5. The molecule has 4 heteroatoms. The maximum absolute atomic E-state index is 12.8. The van der Waals surface area contributed by atoms with Gasteiger partial charge in [0.2, 0.25) is 0 Å². The van der Waals surface area contributed by atoms with Gasteiger partial charge in [0.25, 0.3) is 0 Å². The number of benzene rings is 2. The second-order valence-electron chi connectivity index (χ2n) is 4.65. The van der Waals surface area contributed by atoms with Crippen LogP contribution in [0.2, 0.25) is 5.02 Å². The van der Waals surface area contributed by atoms with Crippen LogP contribution >= 0.6 is 11.6 Å². The molecule has 0 radical (unpaired) electrons. The van der Waals surface area contributed by atoms with Crippen LogP contribution in [0, 0.1) is 5.82 Å². The molecular weight excluding hydrogens is 299 g/mol. The summed E-state index contributed by atoms with van der Waals surface area (Å²) in [5.41, 5.74) is 12.8. The van der Waals surface area contributed by atoms with Crippen molar-refractivity contribution in [2.45, 2.75) is 39.8 Å². The maximum Gasteiger partial charge on any atom is 0.127 e. The fourth-order valence-corrected chi connectivity index (χ4v) is 1.74. The first-order chi connectivity index (χ1) is 10.4. The predicted molar refractivity (Wildman–Crippen MR) is 94.4 cm³/mol. The van der Waals surface area contributed by atoms with Gasteiger partial charge in [-0.2, -0.15) is 0 Å². The first-order valence-electron chi connectivity index (χ1n) is 7.43. The summed E-state index contributed by atoms with van der Waals surface area (Å²) in [6.07, 6.45) is 0. The molecule has 0 saturated heterocycles. The van der Waals surface area contributed by atoms with E-state index >= 15 is 0 Å². The summed E-state index contributed by atoms with van der Waals surface area (Å²) in [5, 5.41) is 0.754. The van der Waals surface area contributed by atoms with Gasteiger partial charge in [-0.25, -0.2) is 4.39 Å². The molecule has 2 unspecified atom stereocenters. The van der Waals surface area contributed by atoms with Gasteiger partial charge in [-0.05, 0) is 37.6 Å². The monoisotopic (exact) mass is 324 g/mol. The van der Waals surface area contributed by atoms with E-state index in [2.05, 4.69) is 0 Å². The largest absolute Gasteiger partial charge is 0.324 e. The van der Waals surface area contributed by atoms with Crippen LogP contribution in [0.15, 0.2) is 48.5 Å². The molecule has 0 bridgehead atoms. The van der Waals surface area contributed by atoms with Crippen molar-refractivity contribution < 1.29 is 4.39 Å². The van der Waals surface area contributed by atoms with Crippen LogP contribution in [-0.2, 0) is 0 Å². The van der Waals surface area contributed by atoms with E-state index in [-0.39, 0.29) is 17.9 Å². The zero-order valence-corrected chi connectivity index (χ0v) is 14.4. The molecule has 2 aromatic rings. The van der Waals surface area contributed by atoms with Gasteiger partial charge < -0.3 is 11.5 Å². The van der Waals surface area contributed by atoms with Crippen molar-refractivity contribution in [2.75, 3.05) is 0 Å². The lowest BCUT2D eigenvalue weighted by Gasteiger charge is -2.04. The Morgan fingerprint density at radius 3 is 1.73 bits per heavy atom. The third-order valence-electron chi connectivity index (χ3n) is 2.79. The fourth-order valence-electron chi connectivity index (χ4n) is 1.61. The van der Waals surface area contributed by atoms with Gasteiger partial charge in [0.1, 0.15) is 5.82 Å². The summed E-state index contributed by atoms with van der Waals surface area (Å²) in [5.74, 6) is -0.225. The van der Waals surface area contributed by atoms with E-state index in [0.717, 1.165) is 10.6 Å². The summed E-state index contributed by atoms with van der Waals surface area (Å²) in [4.78, 5) is 0. The van der Waals surface area contributed by atoms with E-state index in [1.165, 1.54) is 6.07 Å². The number of rotatable bonds is 2. The number of nitrogens with two attached hydrogens (primary N) is 2. The molecule has 2 aromatic carbocycles. The summed E-state index contributed by atoms with van der Waals surface area (Å²) < 4.78 is 12.8. The molecule has 122 valence electrons. The second-order valence-corrected chi connectivity index (χ2v) is 5.09. The fraction of sp³-hybridized carbons (Fsp3) is 0.333. The highest BCUT2D eigenvalue weighted by Gasteiger charge is 2.03. The third-order valence-corrected chi connectivity index (χ3v) is 3.04. The van der Waals surface area contributed by atoms with Gasteiger partial charge in [-0.3, -0.25) is 0 Å². The second kappa shape index (κ2) is 11.2. The van der Waals surface area contributed by atoms with Crippen LogP contribution in [0.3, 0.4) is 0 Å². The number of hydrogen-bond donors (Lipinski definition) is 2. The topological polar surface area (TPSA) is 52.0 Å². The lowest BCUT2D eigenvalue weighted by atomic mass is 10.1. The van der Waals surface area contributed by atoms with E-state index in [0.29, 0.717) is 5.56 Å². The average Bonchev–Trinajstić information content (AvgIpc) is 2.50. The third kappa shape index (κ3) is 7.55. The first kappa shape index (κ1) is 20.6. The van der Waals surface area contributed by atoms with Crippen molar-refractivity contribution in [2.24, 2.45) is 11.5 Å². The highest BCUT2D eigenvalue weighted by molar-refractivity contribution is 6.30. The Balaban J connectivity index is 0.000000360. The van der Waals surface area contributed by atoms with Crippen LogP contribution in [0.25, 0.3) is 0 Å². The lowest BCUT2D eigenvalue weighted by Crippen LogP contribution is -2.06. The van der Waals surface area contributed by atoms with Crippen molar-refractivity contribution >= 4 is 11.6 Å². The van der Waals surface area contributed by atoms with Gasteiger partial charge in [-0.15, -0.1) is 0 Å². The van der Waals surface area contributed by atoms with Crippen LogP contribution in [0.5, 0.6) is 0 Å². The van der Waals surface area contributed by atoms with Crippen molar-refractivity contribution in [3.63, 3.8) is 0 Å². The quantitative estimate of drug-likeness (QED) is 0.794. The van der Waals surface area contributed by atoms with E-state index in [1.54, 1.807) is 25.1 Å². The Hall–Kier alpha value is -1.42. The van der Waals surface area contributed by atoms with E-state index in [1.807, 2.05) is 45.0 Å². The average molecular weight is 325 g/mol. The Morgan fingerprint density at radius 2 is 1.36 bits per heavy atom. The van der Waals surface area contributed by atoms with Gasteiger partial charge in [0.05, 0.1) is 0 Å². The summed E-state index contributed by atoms with van der Waals surface area (Å²) >= 11 is 5.68. The maximum atomic E-state index is 12.8. The number of halogens is 2. The molecule has 22 heavy (non-hydrogen) atoms. The van der Waals surface area contributed by atoms with Crippen LogP contribution in [0.1, 0.15) is 50.9 Å². The van der Waals surface area contributed by atoms with Crippen LogP contribution < -0.4 is 11.5 Å². The van der Waals surface area contributed by atoms with Crippen molar-refractivity contribution in [3.05, 3.63) is 70.5 Å². The standard InChI is InChI=1S/C8H10ClN.C8H10FN.C2H6/c1-6(10)7-2-4-8(9)5-3-7;1-6(10)7-4-2-3-5-8(7)9;1-2/h2*2-6H,10H2,1H3;1-2H3. The predicted octanol–water partition coefficient (Wildman–Crippen LogP) is 5.23. The molecule has 0 amide bonds.